The molecule has 0 radical (unpaired) electrons. The Kier molecular flexibility index (Phi) is 8.72. The molecule has 1 aliphatic heterocycles. The third-order valence-electron chi connectivity index (χ3n) is 6.78. The van der Waals surface area contributed by atoms with Crippen molar-refractivity contribution in [3.63, 3.8) is 0 Å². The molecule has 4 N–H and O–H groups in total. The van der Waals surface area contributed by atoms with Crippen molar-refractivity contribution in [1.29, 1.82) is 0 Å². The lowest BCUT2D eigenvalue weighted by Gasteiger charge is -2.36. The van der Waals surface area contributed by atoms with Crippen molar-refractivity contribution < 1.29 is 4.79 Å². The van der Waals surface area contributed by atoms with Crippen LogP contribution in [0.1, 0.15) is 57.1 Å². The smallest absolute Gasteiger partial charge is 0.233 e. The normalized spacial score (nSPS) is 20.9. The number of likely N-dealkylation sites (N-methyl/N-ethyl adjacent to an activating group) is 1. The van der Waals surface area contributed by atoms with E-state index in [1.165, 1.54) is 31.2 Å². The van der Waals surface area contributed by atoms with Crippen LogP contribution in [-0.4, -0.2) is 68.6 Å². The molecule has 0 aromatic heterocycles. The van der Waals surface area contributed by atoms with Gasteiger partial charge in [0, 0.05) is 51.4 Å². The van der Waals surface area contributed by atoms with Crippen molar-refractivity contribution in [2.45, 2.75) is 63.1 Å². The maximum Gasteiger partial charge on any atom is 0.233 e. The van der Waals surface area contributed by atoms with E-state index < -0.39 is 0 Å². The maximum atomic E-state index is 11.6. The molecule has 1 saturated heterocycles. The van der Waals surface area contributed by atoms with Gasteiger partial charge in [0.25, 0.3) is 0 Å². The molecule has 1 heterocycles. The number of benzene rings is 1. The molecule has 1 saturated carbocycles. The molecule has 31 heavy (non-hydrogen) atoms. The van der Waals surface area contributed by atoms with Crippen LogP contribution in [0.3, 0.4) is 0 Å². The fourth-order valence-electron chi connectivity index (χ4n) is 4.87. The summed E-state index contributed by atoms with van der Waals surface area (Å²) in [4.78, 5) is 18.3. The number of aliphatic imine (C=N–C) groups is 1. The third-order valence-corrected chi connectivity index (χ3v) is 6.78. The molecule has 1 atom stereocenters. The number of carbonyl (C=O) groups excluding carboxylic acids is 1. The summed E-state index contributed by atoms with van der Waals surface area (Å²) in [5.74, 6) is 0.966. The quantitative estimate of drug-likeness (QED) is 0.376. The number of nitrogens with zero attached hydrogens (tertiary/aromatic N) is 2. The van der Waals surface area contributed by atoms with Gasteiger partial charge in [-0.3, -0.25) is 14.7 Å². The second-order valence-electron chi connectivity index (χ2n) is 9.06. The minimum Gasteiger partial charge on any atom is -0.358 e. The van der Waals surface area contributed by atoms with Crippen LogP contribution in [0.25, 0.3) is 0 Å². The highest BCUT2D eigenvalue weighted by Crippen LogP contribution is 2.31. The molecule has 7 heteroatoms. The fraction of sp³-hybridized carbons (Fsp3) is 0.667. The standard InChI is InChI=1S/C24H40N6O/c1-19(20-9-5-4-6-10-20)29-24(13-7-8-14-24)18-27-23(26-3)28-21-11-15-30(16-12-21)17-22(31)25-2/h4-6,9-10,19,21,29H,7-8,11-18H2,1-3H3,(H,25,31)(H2,26,27,28). The summed E-state index contributed by atoms with van der Waals surface area (Å²) in [5, 5.41) is 13.8. The summed E-state index contributed by atoms with van der Waals surface area (Å²) in [6.07, 6.45) is 6.95. The number of rotatable bonds is 8. The minimum atomic E-state index is 0.0861. The van der Waals surface area contributed by atoms with E-state index in [1.54, 1.807) is 7.05 Å². The Labute approximate surface area is 187 Å². The molecule has 1 aromatic rings. The van der Waals surface area contributed by atoms with Crippen LogP contribution in [0.15, 0.2) is 35.3 Å². The SMILES string of the molecule is CN=C(NCC1(NC(C)c2ccccc2)CCCC1)NC1CCN(CC(=O)NC)CC1. The van der Waals surface area contributed by atoms with Crippen LogP contribution in [0, 0.1) is 0 Å². The van der Waals surface area contributed by atoms with Crippen molar-refractivity contribution in [2.24, 2.45) is 4.99 Å². The van der Waals surface area contributed by atoms with Gasteiger partial charge in [0.2, 0.25) is 5.91 Å². The van der Waals surface area contributed by atoms with E-state index in [0.29, 0.717) is 18.6 Å². The van der Waals surface area contributed by atoms with E-state index in [1.807, 2.05) is 7.05 Å². The predicted octanol–water partition coefficient (Wildman–Crippen LogP) is 2.03. The summed E-state index contributed by atoms with van der Waals surface area (Å²) in [6, 6.07) is 11.4. The topological polar surface area (TPSA) is 80.8 Å². The molecule has 7 nitrogen and oxygen atoms in total. The third kappa shape index (κ3) is 6.94. The Bertz CT molecular complexity index is 708. The highest BCUT2D eigenvalue weighted by molar-refractivity contribution is 5.80. The summed E-state index contributed by atoms with van der Waals surface area (Å²) in [5.41, 5.74) is 1.43. The first-order valence-electron chi connectivity index (χ1n) is 11.8. The van der Waals surface area contributed by atoms with Crippen LogP contribution < -0.4 is 21.3 Å². The number of hydrogen-bond acceptors (Lipinski definition) is 4. The lowest BCUT2D eigenvalue weighted by molar-refractivity contribution is -0.122. The predicted molar refractivity (Wildman–Crippen MR) is 127 cm³/mol. The number of hydrogen-bond donors (Lipinski definition) is 4. The van der Waals surface area contributed by atoms with Crippen molar-refractivity contribution in [3.05, 3.63) is 35.9 Å². The number of guanidine groups is 1. The number of amides is 1. The van der Waals surface area contributed by atoms with Gasteiger partial charge in [-0.1, -0.05) is 43.2 Å². The zero-order valence-corrected chi connectivity index (χ0v) is 19.4. The van der Waals surface area contributed by atoms with E-state index in [0.717, 1.165) is 38.4 Å². The van der Waals surface area contributed by atoms with Crippen LogP contribution in [0.2, 0.25) is 0 Å². The Morgan fingerprint density at radius 1 is 1.19 bits per heavy atom. The van der Waals surface area contributed by atoms with E-state index in [2.05, 4.69) is 68.4 Å². The first kappa shape index (κ1) is 23.5. The monoisotopic (exact) mass is 428 g/mol. The molecule has 1 aromatic carbocycles. The second kappa shape index (κ2) is 11.5. The van der Waals surface area contributed by atoms with Crippen molar-refractivity contribution in [1.82, 2.24) is 26.2 Å². The molecule has 172 valence electrons. The number of piperidine rings is 1. The van der Waals surface area contributed by atoms with Gasteiger partial charge in [-0.25, -0.2) is 0 Å². The average Bonchev–Trinajstić information content (AvgIpc) is 3.26. The zero-order valence-electron chi connectivity index (χ0n) is 19.4. The second-order valence-corrected chi connectivity index (χ2v) is 9.06. The Morgan fingerprint density at radius 3 is 2.48 bits per heavy atom. The van der Waals surface area contributed by atoms with Gasteiger partial charge in [0.05, 0.1) is 6.54 Å². The summed E-state index contributed by atoms with van der Waals surface area (Å²) in [6.45, 7) is 5.49. The first-order valence-corrected chi connectivity index (χ1v) is 11.8. The molecule has 0 spiro atoms. The van der Waals surface area contributed by atoms with Gasteiger partial charge in [0.1, 0.15) is 0 Å². The summed E-state index contributed by atoms with van der Waals surface area (Å²) < 4.78 is 0. The number of nitrogens with one attached hydrogen (secondary N) is 4. The average molecular weight is 429 g/mol. The highest BCUT2D eigenvalue weighted by atomic mass is 16.1. The molecule has 2 aliphatic rings. The van der Waals surface area contributed by atoms with Crippen molar-refractivity contribution in [2.75, 3.05) is 40.3 Å². The van der Waals surface area contributed by atoms with Crippen LogP contribution in [-0.2, 0) is 4.79 Å². The fourth-order valence-corrected chi connectivity index (χ4v) is 4.87. The summed E-state index contributed by atoms with van der Waals surface area (Å²) in [7, 11) is 3.54. The van der Waals surface area contributed by atoms with Gasteiger partial charge in [-0.15, -0.1) is 0 Å². The number of carbonyl (C=O) groups is 1. The van der Waals surface area contributed by atoms with E-state index >= 15 is 0 Å². The molecular formula is C24H40N6O. The lowest BCUT2D eigenvalue weighted by Crippen LogP contribution is -2.56. The lowest BCUT2D eigenvalue weighted by atomic mass is 9.94. The Hall–Kier alpha value is -2.12. The molecule has 3 rings (SSSR count). The van der Waals surface area contributed by atoms with E-state index in [9.17, 15) is 4.79 Å². The molecular weight excluding hydrogens is 388 g/mol. The largest absolute Gasteiger partial charge is 0.358 e. The molecule has 1 aliphatic carbocycles. The van der Waals surface area contributed by atoms with Crippen LogP contribution >= 0.6 is 0 Å². The van der Waals surface area contributed by atoms with Gasteiger partial charge in [-0.05, 0) is 38.2 Å². The Morgan fingerprint density at radius 2 is 1.87 bits per heavy atom. The highest BCUT2D eigenvalue weighted by Gasteiger charge is 2.35. The van der Waals surface area contributed by atoms with Crippen LogP contribution in [0.5, 0.6) is 0 Å². The van der Waals surface area contributed by atoms with Gasteiger partial charge < -0.3 is 21.3 Å². The Balaban J connectivity index is 1.49. The summed E-state index contributed by atoms with van der Waals surface area (Å²) >= 11 is 0. The van der Waals surface area contributed by atoms with Crippen LogP contribution in [0.4, 0.5) is 0 Å². The zero-order chi connectivity index (χ0) is 22.1. The molecule has 2 fully saturated rings. The molecule has 1 amide bonds. The van der Waals surface area contributed by atoms with Crippen molar-refractivity contribution in [3.8, 4) is 0 Å². The molecule has 0 bridgehead atoms. The van der Waals surface area contributed by atoms with E-state index in [4.69, 9.17) is 0 Å². The molecule has 1 unspecified atom stereocenters. The van der Waals surface area contributed by atoms with E-state index in [-0.39, 0.29) is 11.4 Å². The van der Waals surface area contributed by atoms with Crippen molar-refractivity contribution >= 4 is 11.9 Å². The minimum absolute atomic E-state index is 0.0861. The number of likely N-dealkylation sites (tertiary alicyclic amines) is 1. The van der Waals surface area contributed by atoms with Gasteiger partial charge >= 0.3 is 0 Å². The van der Waals surface area contributed by atoms with Gasteiger partial charge in [0.15, 0.2) is 5.96 Å². The maximum absolute atomic E-state index is 11.6. The first-order chi connectivity index (χ1) is 15.0. The van der Waals surface area contributed by atoms with Gasteiger partial charge in [-0.2, -0.15) is 0 Å².